The monoisotopic (exact) mass is 291 g/mol. The molecule has 0 amide bonds. The van der Waals surface area contributed by atoms with Gasteiger partial charge in [0.1, 0.15) is 0 Å². The third kappa shape index (κ3) is 3.63. The van der Waals surface area contributed by atoms with E-state index in [2.05, 4.69) is 3.53 Å². The summed E-state index contributed by atoms with van der Waals surface area (Å²) in [5, 5.41) is 8.48. The fraction of sp³-hybridized carbons (Fsp3) is 0.222. The van der Waals surface area contributed by atoms with E-state index in [1.807, 2.05) is 47.1 Å². The van der Waals surface area contributed by atoms with Gasteiger partial charge in [-0.15, -0.1) is 0 Å². The minimum absolute atomic E-state index is 0.185. The van der Waals surface area contributed by atoms with Crippen molar-refractivity contribution < 1.29 is 9.90 Å². The van der Waals surface area contributed by atoms with Crippen molar-refractivity contribution >= 4 is 34.5 Å². The summed E-state index contributed by atoms with van der Waals surface area (Å²) in [6.07, 6.45) is 0.770. The predicted octanol–water partition coefficient (Wildman–Crippen LogP) is 2.47. The number of hydrogen-bond acceptors (Lipinski definition) is 2. The lowest BCUT2D eigenvalue weighted by Gasteiger charge is -2.01. The van der Waals surface area contributed by atoms with Crippen LogP contribution in [0.3, 0.4) is 0 Å². The Morgan fingerprint density at radius 2 is 2.31 bits per heavy atom. The molecule has 0 bridgehead atoms. The zero-order valence-electron chi connectivity index (χ0n) is 6.96. The standard InChI is InChI=1S/C9H10INO2/c10-11-8-3-1-2-7(6-8)4-5-9(12)13/h1-3,6,11H,4-5H2,(H,12,13). The van der Waals surface area contributed by atoms with Crippen LogP contribution < -0.4 is 3.53 Å². The van der Waals surface area contributed by atoms with Gasteiger partial charge in [-0.05, 0) is 24.1 Å². The van der Waals surface area contributed by atoms with E-state index in [4.69, 9.17) is 5.11 Å². The summed E-state index contributed by atoms with van der Waals surface area (Å²) in [4.78, 5) is 10.3. The fourth-order valence-electron chi connectivity index (χ4n) is 1.04. The summed E-state index contributed by atoms with van der Waals surface area (Å²) >= 11 is 2.05. The van der Waals surface area contributed by atoms with E-state index in [0.717, 1.165) is 11.3 Å². The number of aliphatic carboxylic acids is 1. The van der Waals surface area contributed by atoms with Gasteiger partial charge in [0.05, 0.1) is 22.9 Å². The van der Waals surface area contributed by atoms with Crippen LogP contribution in [0.15, 0.2) is 24.3 Å². The highest BCUT2D eigenvalue weighted by Gasteiger charge is 1.99. The number of aryl methyl sites for hydroxylation is 1. The molecule has 13 heavy (non-hydrogen) atoms. The molecule has 0 spiro atoms. The van der Waals surface area contributed by atoms with E-state index in [1.54, 1.807) is 0 Å². The van der Waals surface area contributed by atoms with Crippen LogP contribution >= 0.6 is 22.9 Å². The van der Waals surface area contributed by atoms with Gasteiger partial charge >= 0.3 is 5.97 Å². The van der Waals surface area contributed by atoms with Crippen molar-refractivity contribution in [3.63, 3.8) is 0 Å². The number of carboxylic acid groups (broad SMARTS) is 1. The SMILES string of the molecule is O=C(O)CCc1cccc(NI)c1. The van der Waals surface area contributed by atoms with Gasteiger partial charge in [-0.1, -0.05) is 12.1 Å². The molecule has 1 aromatic carbocycles. The highest BCUT2D eigenvalue weighted by molar-refractivity contribution is 14.1. The Morgan fingerprint density at radius 3 is 2.92 bits per heavy atom. The predicted molar refractivity (Wildman–Crippen MR) is 60.0 cm³/mol. The summed E-state index contributed by atoms with van der Waals surface area (Å²) in [5.41, 5.74) is 2.05. The van der Waals surface area contributed by atoms with Crippen molar-refractivity contribution in [1.29, 1.82) is 0 Å². The third-order valence-electron chi connectivity index (χ3n) is 1.66. The maximum Gasteiger partial charge on any atom is 0.303 e. The van der Waals surface area contributed by atoms with Gasteiger partial charge in [-0.2, -0.15) is 0 Å². The highest BCUT2D eigenvalue weighted by atomic mass is 127. The molecule has 0 saturated carbocycles. The normalized spacial score (nSPS) is 9.62. The average molecular weight is 291 g/mol. The Morgan fingerprint density at radius 1 is 1.54 bits per heavy atom. The van der Waals surface area contributed by atoms with Crippen LogP contribution in [0.4, 0.5) is 5.69 Å². The first-order valence-electron chi connectivity index (χ1n) is 3.90. The first-order chi connectivity index (χ1) is 6.22. The molecule has 70 valence electrons. The average Bonchev–Trinajstić information content (AvgIpc) is 2.15. The molecular formula is C9H10INO2. The Bertz CT molecular complexity index is 301. The van der Waals surface area contributed by atoms with Crippen molar-refractivity contribution in [2.24, 2.45) is 0 Å². The molecule has 0 heterocycles. The molecule has 0 aliphatic rings. The van der Waals surface area contributed by atoms with Crippen LogP contribution in [0, 0.1) is 0 Å². The largest absolute Gasteiger partial charge is 0.481 e. The van der Waals surface area contributed by atoms with Crippen molar-refractivity contribution in [3.8, 4) is 0 Å². The summed E-state index contributed by atoms with van der Waals surface area (Å²) in [7, 11) is 0. The quantitative estimate of drug-likeness (QED) is 0.662. The molecule has 3 nitrogen and oxygen atoms in total. The molecule has 0 unspecified atom stereocenters. The van der Waals surface area contributed by atoms with Crippen LogP contribution in [-0.4, -0.2) is 11.1 Å². The van der Waals surface area contributed by atoms with Gasteiger partial charge in [-0.3, -0.25) is 4.79 Å². The topological polar surface area (TPSA) is 49.3 Å². The van der Waals surface area contributed by atoms with Gasteiger partial charge in [0.25, 0.3) is 0 Å². The van der Waals surface area contributed by atoms with Crippen LogP contribution in [0.2, 0.25) is 0 Å². The van der Waals surface area contributed by atoms with E-state index in [0.29, 0.717) is 6.42 Å². The Kier molecular flexibility index (Phi) is 4.01. The van der Waals surface area contributed by atoms with Crippen LogP contribution in [0.25, 0.3) is 0 Å². The van der Waals surface area contributed by atoms with Gasteiger partial charge in [-0.25, -0.2) is 0 Å². The molecule has 1 rings (SSSR count). The molecule has 0 radical (unpaired) electrons. The second kappa shape index (κ2) is 5.06. The number of anilines is 1. The number of hydrogen-bond donors (Lipinski definition) is 2. The second-order valence-corrected chi connectivity index (χ2v) is 3.23. The molecule has 0 saturated heterocycles. The van der Waals surface area contributed by atoms with E-state index >= 15 is 0 Å². The van der Waals surface area contributed by atoms with Crippen molar-refractivity contribution in [1.82, 2.24) is 0 Å². The number of benzene rings is 1. The summed E-state index contributed by atoms with van der Waals surface area (Å²) in [5.74, 6) is -0.757. The van der Waals surface area contributed by atoms with E-state index in [9.17, 15) is 4.79 Å². The third-order valence-corrected chi connectivity index (χ3v) is 2.29. The summed E-state index contributed by atoms with van der Waals surface area (Å²) in [6.45, 7) is 0. The second-order valence-electron chi connectivity index (χ2n) is 2.69. The number of carbonyl (C=O) groups is 1. The lowest BCUT2D eigenvalue weighted by atomic mass is 10.1. The van der Waals surface area contributed by atoms with Crippen molar-refractivity contribution in [3.05, 3.63) is 29.8 Å². The lowest BCUT2D eigenvalue weighted by molar-refractivity contribution is -0.136. The van der Waals surface area contributed by atoms with Crippen molar-refractivity contribution in [2.45, 2.75) is 12.8 Å². The summed E-state index contributed by atoms with van der Waals surface area (Å²) in [6, 6.07) is 7.74. The van der Waals surface area contributed by atoms with Gasteiger partial charge in [0.15, 0.2) is 0 Å². The van der Waals surface area contributed by atoms with Gasteiger partial charge < -0.3 is 8.64 Å². The fourth-order valence-corrected chi connectivity index (χ4v) is 1.37. The first kappa shape index (κ1) is 10.3. The molecule has 4 heteroatoms. The molecule has 0 aliphatic heterocycles. The van der Waals surface area contributed by atoms with Crippen LogP contribution in [0.5, 0.6) is 0 Å². The van der Waals surface area contributed by atoms with Gasteiger partial charge in [0, 0.05) is 12.1 Å². The molecule has 2 N–H and O–H groups in total. The van der Waals surface area contributed by atoms with E-state index < -0.39 is 5.97 Å². The summed E-state index contributed by atoms with van der Waals surface area (Å²) < 4.78 is 2.98. The van der Waals surface area contributed by atoms with E-state index in [-0.39, 0.29) is 6.42 Å². The first-order valence-corrected chi connectivity index (χ1v) is 4.97. The minimum atomic E-state index is -0.757. The maximum atomic E-state index is 10.3. The number of halogens is 1. The number of carboxylic acids is 1. The molecule has 1 aromatic rings. The lowest BCUT2D eigenvalue weighted by Crippen LogP contribution is -1.97. The van der Waals surface area contributed by atoms with Crippen LogP contribution in [-0.2, 0) is 11.2 Å². The van der Waals surface area contributed by atoms with Crippen LogP contribution in [0.1, 0.15) is 12.0 Å². The Labute approximate surface area is 90.7 Å². The minimum Gasteiger partial charge on any atom is -0.481 e. The smallest absolute Gasteiger partial charge is 0.303 e. The van der Waals surface area contributed by atoms with E-state index in [1.165, 1.54) is 0 Å². The Hall–Kier alpha value is -0.780. The Balaban J connectivity index is 2.61. The maximum absolute atomic E-state index is 10.3. The molecule has 0 atom stereocenters. The number of nitrogens with one attached hydrogen (secondary N) is 1. The molecule has 0 aliphatic carbocycles. The van der Waals surface area contributed by atoms with Gasteiger partial charge in [0.2, 0.25) is 0 Å². The zero-order chi connectivity index (χ0) is 9.68. The zero-order valence-corrected chi connectivity index (χ0v) is 9.11. The van der Waals surface area contributed by atoms with Crippen molar-refractivity contribution in [2.75, 3.05) is 3.53 Å². The molecule has 0 aromatic heterocycles. The molecule has 0 fully saturated rings. The number of rotatable bonds is 4. The highest BCUT2D eigenvalue weighted by Crippen LogP contribution is 2.13. The molecular weight excluding hydrogens is 281 g/mol.